The van der Waals surface area contributed by atoms with Gasteiger partial charge in [-0.2, -0.15) is 11.8 Å². The zero-order valence-corrected chi connectivity index (χ0v) is 11.7. The van der Waals surface area contributed by atoms with E-state index < -0.39 is 0 Å². The lowest BCUT2D eigenvalue weighted by Crippen LogP contribution is -2.47. The molecule has 1 amide bonds. The van der Waals surface area contributed by atoms with Crippen molar-refractivity contribution < 1.29 is 9.90 Å². The van der Waals surface area contributed by atoms with Crippen LogP contribution in [-0.4, -0.2) is 47.8 Å². The molecule has 0 radical (unpaired) electrons. The Morgan fingerprint density at radius 3 is 2.88 bits per heavy atom. The molecule has 1 aliphatic heterocycles. The van der Waals surface area contributed by atoms with Gasteiger partial charge in [0, 0.05) is 23.3 Å². The van der Waals surface area contributed by atoms with E-state index in [1.807, 2.05) is 13.2 Å². The minimum Gasteiger partial charge on any atom is -0.395 e. The first kappa shape index (κ1) is 14.8. The van der Waals surface area contributed by atoms with Crippen LogP contribution in [0, 0.1) is 5.92 Å². The Labute approximate surface area is 108 Å². The number of rotatable bonds is 5. The molecule has 0 bridgehead atoms. The molecule has 0 spiro atoms. The minimum atomic E-state index is 0.0210. The largest absolute Gasteiger partial charge is 0.395 e. The molecule has 100 valence electrons. The van der Waals surface area contributed by atoms with Gasteiger partial charge in [-0.1, -0.05) is 0 Å². The first-order chi connectivity index (χ1) is 8.08. The Morgan fingerprint density at radius 2 is 2.35 bits per heavy atom. The molecule has 0 saturated carbocycles. The van der Waals surface area contributed by atoms with Crippen LogP contribution in [-0.2, 0) is 4.79 Å². The van der Waals surface area contributed by atoms with E-state index in [2.05, 4.69) is 17.6 Å². The second-order valence-corrected chi connectivity index (χ2v) is 5.91. The highest BCUT2D eigenvalue weighted by atomic mass is 32.2. The van der Waals surface area contributed by atoms with Crippen molar-refractivity contribution in [1.29, 1.82) is 0 Å². The van der Waals surface area contributed by atoms with E-state index in [1.54, 1.807) is 11.8 Å². The number of aliphatic hydroxyl groups excluding tert-OH is 1. The standard InChI is InChI=1S/C12H24N2O2S/c1-8-6-10(4-5-13-8)12(16)14-9(2)11(7-15)17-3/h8-11,13,15H,4-7H2,1-3H3,(H,14,16)/t8-,9?,10-,11?/m0/s1. The van der Waals surface area contributed by atoms with E-state index in [4.69, 9.17) is 0 Å². The molecular formula is C12H24N2O2S. The van der Waals surface area contributed by atoms with Crippen LogP contribution < -0.4 is 10.6 Å². The van der Waals surface area contributed by atoms with E-state index in [0.717, 1.165) is 19.4 Å². The quantitative estimate of drug-likeness (QED) is 0.677. The predicted molar refractivity (Wildman–Crippen MR) is 72.2 cm³/mol. The lowest BCUT2D eigenvalue weighted by Gasteiger charge is -2.29. The number of piperidine rings is 1. The van der Waals surface area contributed by atoms with Gasteiger partial charge in [0.15, 0.2) is 0 Å². The topological polar surface area (TPSA) is 61.4 Å². The van der Waals surface area contributed by atoms with Crippen LogP contribution in [0.25, 0.3) is 0 Å². The summed E-state index contributed by atoms with van der Waals surface area (Å²) in [5.74, 6) is 0.258. The lowest BCUT2D eigenvalue weighted by atomic mass is 9.92. The van der Waals surface area contributed by atoms with Gasteiger partial charge in [-0.15, -0.1) is 0 Å². The molecule has 1 rings (SSSR count). The Kier molecular flexibility index (Phi) is 6.30. The summed E-state index contributed by atoms with van der Waals surface area (Å²) in [6.07, 6.45) is 3.77. The van der Waals surface area contributed by atoms with E-state index in [-0.39, 0.29) is 29.7 Å². The zero-order valence-electron chi connectivity index (χ0n) is 10.9. The Balaban J connectivity index is 2.42. The molecule has 1 heterocycles. The van der Waals surface area contributed by atoms with Crippen LogP contribution in [0.15, 0.2) is 0 Å². The van der Waals surface area contributed by atoms with Crippen molar-refractivity contribution in [1.82, 2.24) is 10.6 Å². The number of nitrogens with one attached hydrogen (secondary N) is 2. The number of thioether (sulfide) groups is 1. The highest BCUT2D eigenvalue weighted by Crippen LogP contribution is 2.17. The first-order valence-corrected chi connectivity index (χ1v) is 7.54. The second-order valence-electron chi connectivity index (χ2n) is 4.83. The molecule has 1 fully saturated rings. The normalized spacial score (nSPS) is 28.5. The van der Waals surface area contributed by atoms with Gasteiger partial charge < -0.3 is 15.7 Å². The summed E-state index contributed by atoms with van der Waals surface area (Å²) in [6.45, 7) is 5.09. The number of hydrogen-bond donors (Lipinski definition) is 3. The van der Waals surface area contributed by atoms with Crippen molar-refractivity contribution in [3.63, 3.8) is 0 Å². The van der Waals surface area contributed by atoms with Crippen LogP contribution in [0.5, 0.6) is 0 Å². The van der Waals surface area contributed by atoms with Crippen molar-refractivity contribution in [2.24, 2.45) is 5.92 Å². The molecule has 1 saturated heterocycles. The molecule has 3 N–H and O–H groups in total. The van der Waals surface area contributed by atoms with Gasteiger partial charge in [0.2, 0.25) is 5.91 Å². The highest BCUT2D eigenvalue weighted by molar-refractivity contribution is 7.99. The lowest BCUT2D eigenvalue weighted by molar-refractivity contribution is -0.126. The Bertz CT molecular complexity index is 247. The molecule has 5 heteroatoms. The fourth-order valence-electron chi connectivity index (χ4n) is 2.24. The Morgan fingerprint density at radius 1 is 1.65 bits per heavy atom. The Hall–Kier alpha value is -0.260. The van der Waals surface area contributed by atoms with Gasteiger partial charge in [-0.25, -0.2) is 0 Å². The SMILES string of the molecule is CSC(CO)C(C)NC(=O)[C@H]1CCN[C@@H](C)C1. The number of hydrogen-bond acceptors (Lipinski definition) is 4. The molecule has 1 aliphatic rings. The monoisotopic (exact) mass is 260 g/mol. The molecule has 17 heavy (non-hydrogen) atoms. The smallest absolute Gasteiger partial charge is 0.223 e. The summed E-state index contributed by atoms with van der Waals surface area (Å²) < 4.78 is 0. The van der Waals surface area contributed by atoms with E-state index in [9.17, 15) is 9.90 Å². The molecule has 2 unspecified atom stereocenters. The van der Waals surface area contributed by atoms with Crippen LogP contribution in [0.4, 0.5) is 0 Å². The van der Waals surface area contributed by atoms with Crippen LogP contribution in [0.1, 0.15) is 26.7 Å². The number of aliphatic hydroxyl groups is 1. The van der Waals surface area contributed by atoms with Crippen molar-refractivity contribution in [2.75, 3.05) is 19.4 Å². The van der Waals surface area contributed by atoms with Crippen molar-refractivity contribution in [2.45, 2.75) is 44.0 Å². The summed E-state index contributed by atoms with van der Waals surface area (Å²) in [5, 5.41) is 15.6. The van der Waals surface area contributed by atoms with E-state index in [0.29, 0.717) is 6.04 Å². The molecule has 4 nitrogen and oxygen atoms in total. The van der Waals surface area contributed by atoms with Crippen LogP contribution in [0.2, 0.25) is 0 Å². The number of carbonyl (C=O) groups is 1. The first-order valence-electron chi connectivity index (χ1n) is 6.25. The number of amides is 1. The summed E-state index contributed by atoms with van der Waals surface area (Å²) in [6, 6.07) is 0.441. The van der Waals surface area contributed by atoms with Gasteiger partial charge in [0.25, 0.3) is 0 Å². The number of carbonyl (C=O) groups excluding carboxylic acids is 1. The van der Waals surface area contributed by atoms with Crippen molar-refractivity contribution >= 4 is 17.7 Å². The molecule has 0 aliphatic carbocycles. The van der Waals surface area contributed by atoms with Crippen LogP contribution in [0.3, 0.4) is 0 Å². The van der Waals surface area contributed by atoms with Crippen molar-refractivity contribution in [3.8, 4) is 0 Å². The van der Waals surface area contributed by atoms with Crippen LogP contribution >= 0.6 is 11.8 Å². The van der Waals surface area contributed by atoms with Gasteiger partial charge in [-0.3, -0.25) is 4.79 Å². The maximum absolute atomic E-state index is 12.1. The summed E-state index contributed by atoms with van der Waals surface area (Å²) in [5.41, 5.74) is 0. The molecule has 0 aromatic carbocycles. The van der Waals surface area contributed by atoms with Gasteiger partial charge in [0.05, 0.1) is 6.61 Å². The minimum absolute atomic E-state index is 0.0210. The average Bonchev–Trinajstić information content (AvgIpc) is 2.30. The zero-order chi connectivity index (χ0) is 12.8. The molecule has 4 atom stereocenters. The average molecular weight is 260 g/mol. The fraction of sp³-hybridized carbons (Fsp3) is 0.917. The molecular weight excluding hydrogens is 236 g/mol. The van der Waals surface area contributed by atoms with Gasteiger partial charge in [-0.05, 0) is 39.5 Å². The van der Waals surface area contributed by atoms with Gasteiger partial charge in [0.1, 0.15) is 0 Å². The fourth-order valence-corrected chi connectivity index (χ4v) is 2.87. The van der Waals surface area contributed by atoms with E-state index in [1.165, 1.54) is 0 Å². The van der Waals surface area contributed by atoms with Gasteiger partial charge >= 0.3 is 0 Å². The summed E-state index contributed by atoms with van der Waals surface area (Å²) in [4.78, 5) is 12.1. The third kappa shape index (κ3) is 4.48. The third-order valence-electron chi connectivity index (χ3n) is 3.40. The highest BCUT2D eigenvalue weighted by Gasteiger charge is 2.27. The molecule has 0 aromatic heterocycles. The maximum atomic E-state index is 12.1. The predicted octanol–water partition coefficient (Wildman–Crippen LogP) is 0.603. The second kappa shape index (κ2) is 7.24. The van der Waals surface area contributed by atoms with E-state index >= 15 is 0 Å². The molecule has 0 aromatic rings. The maximum Gasteiger partial charge on any atom is 0.223 e. The summed E-state index contributed by atoms with van der Waals surface area (Å²) in [7, 11) is 0. The van der Waals surface area contributed by atoms with Crippen molar-refractivity contribution in [3.05, 3.63) is 0 Å². The third-order valence-corrected chi connectivity index (χ3v) is 4.57. The summed E-state index contributed by atoms with van der Waals surface area (Å²) >= 11 is 1.59.